The lowest BCUT2D eigenvalue weighted by molar-refractivity contribution is 0.401. The van der Waals surface area contributed by atoms with Crippen LogP contribution >= 0.6 is 0 Å². The number of hydrogen-bond acceptors (Lipinski definition) is 5. The molecule has 1 aromatic carbocycles. The van der Waals surface area contributed by atoms with E-state index in [0.717, 1.165) is 11.1 Å². The smallest absolute Gasteiger partial charge is 0.244 e. The van der Waals surface area contributed by atoms with Gasteiger partial charge in [-0.15, -0.1) is 0 Å². The number of nitrogens with one attached hydrogen (secondary N) is 1. The predicted molar refractivity (Wildman–Crippen MR) is 78.1 cm³/mol. The summed E-state index contributed by atoms with van der Waals surface area (Å²) in [5.74, 6) is 0.275. The Morgan fingerprint density at radius 3 is 2.71 bits per heavy atom. The van der Waals surface area contributed by atoms with E-state index < -0.39 is 10.0 Å². The fourth-order valence-corrected chi connectivity index (χ4v) is 3.05. The average Bonchev–Trinajstić information content (AvgIpc) is 2.90. The second-order valence-electron chi connectivity index (χ2n) is 4.54. The predicted octanol–water partition coefficient (Wildman–Crippen LogP) is 0.366. The Morgan fingerprint density at radius 1 is 1.38 bits per heavy atom. The summed E-state index contributed by atoms with van der Waals surface area (Å²) in [6, 6.07) is 4.78. The summed E-state index contributed by atoms with van der Waals surface area (Å²) in [5.41, 5.74) is 7.12. The molecule has 114 valence electrons. The van der Waals surface area contributed by atoms with E-state index in [1.807, 2.05) is 0 Å². The van der Waals surface area contributed by atoms with Gasteiger partial charge < -0.3 is 10.5 Å². The van der Waals surface area contributed by atoms with E-state index in [2.05, 4.69) is 9.82 Å². The molecule has 0 aliphatic heterocycles. The molecular weight excluding hydrogens is 292 g/mol. The van der Waals surface area contributed by atoms with Gasteiger partial charge in [0.15, 0.2) is 0 Å². The number of methoxy groups -OCH3 is 1. The van der Waals surface area contributed by atoms with Gasteiger partial charge in [-0.25, -0.2) is 13.1 Å². The molecule has 21 heavy (non-hydrogen) atoms. The van der Waals surface area contributed by atoms with Crippen LogP contribution in [0.2, 0.25) is 0 Å². The molecule has 2 aromatic rings. The average molecular weight is 310 g/mol. The van der Waals surface area contributed by atoms with E-state index in [-0.39, 0.29) is 17.2 Å². The maximum Gasteiger partial charge on any atom is 0.244 e. The van der Waals surface area contributed by atoms with Crippen molar-refractivity contribution in [2.24, 2.45) is 12.8 Å². The van der Waals surface area contributed by atoms with Crippen LogP contribution in [0.1, 0.15) is 11.1 Å². The lowest BCUT2D eigenvalue weighted by atomic mass is 10.2. The molecule has 3 N–H and O–H groups in total. The fraction of sp³-hybridized carbons (Fsp3) is 0.308. The molecule has 1 aromatic heterocycles. The van der Waals surface area contributed by atoms with Gasteiger partial charge in [-0.2, -0.15) is 5.10 Å². The molecule has 7 nitrogen and oxygen atoms in total. The van der Waals surface area contributed by atoms with Gasteiger partial charge in [0.05, 0.1) is 13.3 Å². The summed E-state index contributed by atoms with van der Waals surface area (Å²) >= 11 is 0. The molecule has 1 heterocycles. The number of benzene rings is 1. The van der Waals surface area contributed by atoms with Gasteiger partial charge in [0.2, 0.25) is 10.0 Å². The van der Waals surface area contributed by atoms with Crippen molar-refractivity contribution >= 4 is 10.0 Å². The van der Waals surface area contributed by atoms with Crippen molar-refractivity contribution in [3.05, 3.63) is 41.7 Å². The number of aromatic nitrogens is 2. The van der Waals surface area contributed by atoms with Gasteiger partial charge in [0.25, 0.3) is 0 Å². The molecule has 0 atom stereocenters. The summed E-state index contributed by atoms with van der Waals surface area (Å²) in [7, 11) is -0.473. The Morgan fingerprint density at radius 2 is 2.14 bits per heavy atom. The van der Waals surface area contributed by atoms with Gasteiger partial charge in [-0.1, -0.05) is 6.07 Å². The zero-order valence-electron chi connectivity index (χ0n) is 11.9. The van der Waals surface area contributed by atoms with Gasteiger partial charge in [-0.3, -0.25) is 4.68 Å². The molecule has 0 saturated heterocycles. The van der Waals surface area contributed by atoms with Crippen LogP contribution in [0.3, 0.4) is 0 Å². The maximum absolute atomic E-state index is 12.3. The van der Waals surface area contributed by atoms with Crippen molar-refractivity contribution in [1.29, 1.82) is 0 Å². The Hall–Kier alpha value is -1.90. The van der Waals surface area contributed by atoms with Crippen LogP contribution in [-0.4, -0.2) is 25.3 Å². The normalized spacial score (nSPS) is 11.6. The van der Waals surface area contributed by atoms with Crippen molar-refractivity contribution in [2.75, 3.05) is 7.11 Å². The summed E-state index contributed by atoms with van der Waals surface area (Å²) in [6.45, 7) is 0.484. The third kappa shape index (κ3) is 3.60. The lowest BCUT2D eigenvalue weighted by Crippen LogP contribution is -2.23. The van der Waals surface area contributed by atoms with E-state index in [4.69, 9.17) is 10.5 Å². The Balaban J connectivity index is 2.22. The summed E-state index contributed by atoms with van der Waals surface area (Å²) in [6.07, 6.45) is 3.36. The van der Waals surface area contributed by atoms with Gasteiger partial charge in [-0.05, 0) is 17.7 Å². The van der Waals surface area contributed by atoms with Gasteiger partial charge in [0, 0.05) is 31.9 Å². The highest BCUT2D eigenvalue weighted by Crippen LogP contribution is 2.24. The van der Waals surface area contributed by atoms with Gasteiger partial charge in [0.1, 0.15) is 10.6 Å². The Bertz CT molecular complexity index is 725. The van der Waals surface area contributed by atoms with E-state index in [9.17, 15) is 8.42 Å². The zero-order chi connectivity index (χ0) is 15.5. The van der Waals surface area contributed by atoms with E-state index in [1.165, 1.54) is 13.2 Å². The first-order valence-electron chi connectivity index (χ1n) is 6.30. The maximum atomic E-state index is 12.3. The molecule has 0 bridgehead atoms. The fourth-order valence-electron chi connectivity index (χ4n) is 1.88. The minimum Gasteiger partial charge on any atom is -0.495 e. The van der Waals surface area contributed by atoms with E-state index in [1.54, 1.807) is 36.3 Å². The molecule has 0 aliphatic rings. The molecule has 0 spiro atoms. The number of nitrogens with zero attached hydrogens (tertiary/aromatic N) is 2. The minimum absolute atomic E-state index is 0.0890. The van der Waals surface area contributed by atoms with Crippen LogP contribution in [0.5, 0.6) is 5.75 Å². The molecule has 0 unspecified atom stereocenters. The molecule has 0 aliphatic carbocycles. The topological polar surface area (TPSA) is 99.2 Å². The van der Waals surface area contributed by atoms with Crippen LogP contribution in [0.4, 0.5) is 0 Å². The molecule has 0 fully saturated rings. The van der Waals surface area contributed by atoms with Gasteiger partial charge >= 0.3 is 0 Å². The van der Waals surface area contributed by atoms with Crippen LogP contribution < -0.4 is 15.2 Å². The lowest BCUT2D eigenvalue weighted by Gasteiger charge is -2.11. The van der Waals surface area contributed by atoms with Crippen molar-refractivity contribution in [3.63, 3.8) is 0 Å². The summed E-state index contributed by atoms with van der Waals surface area (Å²) in [4.78, 5) is 0.0890. The van der Waals surface area contributed by atoms with Crippen molar-refractivity contribution in [2.45, 2.75) is 18.0 Å². The quantitative estimate of drug-likeness (QED) is 0.803. The highest BCUT2D eigenvalue weighted by atomic mass is 32.2. The van der Waals surface area contributed by atoms with Crippen molar-refractivity contribution in [3.8, 4) is 5.75 Å². The monoisotopic (exact) mass is 310 g/mol. The van der Waals surface area contributed by atoms with E-state index >= 15 is 0 Å². The first kappa shape index (κ1) is 15.5. The number of hydrogen-bond donors (Lipinski definition) is 2. The minimum atomic E-state index is -3.67. The Kier molecular flexibility index (Phi) is 4.61. The Labute approximate surface area is 123 Å². The molecule has 2 rings (SSSR count). The van der Waals surface area contributed by atoms with Crippen LogP contribution in [0.25, 0.3) is 0 Å². The zero-order valence-corrected chi connectivity index (χ0v) is 12.7. The number of aryl methyl sites for hydroxylation is 1. The van der Waals surface area contributed by atoms with Crippen LogP contribution in [0.15, 0.2) is 35.5 Å². The van der Waals surface area contributed by atoms with Crippen LogP contribution in [-0.2, 0) is 30.2 Å². The SMILES string of the molecule is COc1cc(CN)ccc1S(=O)(=O)NCc1cnn(C)c1. The second-order valence-corrected chi connectivity index (χ2v) is 6.27. The standard InChI is InChI=1S/C13H18N4O3S/c1-17-9-11(7-15-17)8-16-21(18,19)13-4-3-10(6-14)5-12(13)20-2/h3-5,7,9,16H,6,8,14H2,1-2H3. The largest absolute Gasteiger partial charge is 0.495 e. The first-order chi connectivity index (χ1) is 9.96. The number of nitrogens with two attached hydrogens (primary N) is 1. The van der Waals surface area contributed by atoms with Crippen molar-refractivity contribution in [1.82, 2.24) is 14.5 Å². The number of sulfonamides is 1. The first-order valence-corrected chi connectivity index (χ1v) is 7.79. The molecule has 0 radical (unpaired) electrons. The molecular formula is C13H18N4O3S. The molecule has 8 heteroatoms. The van der Waals surface area contributed by atoms with Crippen LogP contribution in [0, 0.1) is 0 Å². The highest BCUT2D eigenvalue weighted by Gasteiger charge is 2.19. The van der Waals surface area contributed by atoms with Crippen molar-refractivity contribution < 1.29 is 13.2 Å². The third-order valence-corrected chi connectivity index (χ3v) is 4.42. The number of rotatable bonds is 6. The summed E-state index contributed by atoms with van der Waals surface area (Å²) in [5, 5.41) is 3.99. The highest BCUT2D eigenvalue weighted by molar-refractivity contribution is 7.89. The molecule has 0 saturated carbocycles. The summed E-state index contributed by atoms with van der Waals surface area (Å²) < 4.78 is 34.0. The number of ether oxygens (including phenoxy) is 1. The third-order valence-electron chi connectivity index (χ3n) is 2.98. The second kappa shape index (κ2) is 6.25. The molecule has 0 amide bonds. The van der Waals surface area contributed by atoms with E-state index in [0.29, 0.717) is 6.54 Å².